The van der Waals surface area contributed by atoms with E-state index in [9.17, 15) is 0 Å². The zero-order valence-electron chi connectivity index (χ0n) is 11.4. The molecule has 0 bridgehead atoms. The van der Waals surface area contributed by atoms with Gasteiger partial charge >= 0.3 is 0 Å². The first-order valence-electron chi connectivity index (χ1n) is 6.82. The van der Waals surface area contributed by atoms with Gasteiger partial charge in [0.25, 0.3) is 0 Å². The van der Waals surface area contributed by atoms with E-state index in [4.69, 9.17) is 10.5 Å². The molecule has 0 radical (unpaired) electrons. The second kappa shape index (κ2) is 7.09. The minimum absolute atomic E-state index is 0.249. The van der Waals surface area contributed by atoms with Gasteiger partial charge in [0, 0.05) is 31.0 Å². The number of pyridine rings is 1. The molecule has 3 N–H and O–H groups in total. The first-order valence-corrected chi connectivity index (χ1v) is 6.82. The van der Waals surface area contributed by atoms with Crippen LogP contribution < -0.4 is 11.1 Å². The summed E-state index contributed by atoms with van der Waals surface area (Å²) in [6, 6.07) is 6.04. The van der Waals surface area contributed by atoms with Gasteiger partial charge in [0.1, 0.15) is 0 Å². The third-order valence-corrected chi connectivity index (χ3v) is 3.12. The van der Waals surface area contributed by atoms with Crippen molar-refractivity contribution in [1.29, 1.82) is 0 Å². The number of hydrogen-bond donors (Lipinski definition) is 2. The van der Waals surface area contributed by atoms with Gasteiger partial charge in [0.05, 0.1) is 12.6 Å². The molecule has 1 unspecified atom stereocenters. The van der Waals surface area contributed by atoms with Crippen LogP contribution in [0.25, 0.3) is 0 Å². The second-order valence-corrected chi connectivity index (χ2v) is 4.81. The Balaban J connectivity index is 1.68. The number of ether oxygens (including phenoxy) is 1. The van der Waals surface area contributed by atoms with E-state index in [1.54, 1.807) is 0 Å². The van der Waals surface area contributed by atoms with E-state index >= 15 is 0 Å². The van der Waals surface area contributed by atoms with E-state index in [1.165, 1.54) is 0 Å². The summed E-state index contributed by atoms with van der Waals surface area (Å²) in [6.07, 6.45) is 3.31. The molecule has 104 valence electrons. The van der Waals surface area contributed by atoms with Crippen molar-refractivity contribution in [3.05, 3.63) is 29.6 Å². The van der Waals surface area contributed by atoms with Crippen molar-refractivity contribution in [2.45, 2.75) is 32.3 Å². The van der Waals surface area contributed by atoms with Crippen LogP contribution in [0.5, 0.6) is 0 Å². The van der Waals surface area contributed by atoms with Gasteiger partial charge in [-0.05, 0) is 31.9 Å². The number of rotatable bonds is 5. The summed E-state index contributed by atoms with van der Waals surface area (Å²) in [4.78, 5) is 8.73. The lowest BCUT2D eigenvalue weighted by atomic mass is 10.2. The zero-order valence-corrected chi connectivity index (χ0v) is 11.4. The number of aliphatic imine (C=N–C) groups is 1. The molecule has 0 amide bonds. The molecule has 0 aliphatic carbocycles. The normalized spacial score (nSPS) is 19.6. The van der Waals surface area contributed by atoms with Crippen molar-refractivity contribution in [2.24, 2.45) is 10.7 Å². The lowest BCUT2D eigenvalue weighted by Gasteiger charge is -2.08. The summed E-state index contributed by atoms with van der Waals surface area (Å²) in [5, 5.41) is 3.11. The summed E-state index contributed by atoms with van der Waals surface area (Å²) in [5.74, 6) is 0.489. The van der Waals surface area contributed by atoms with Crippen molar-refractivity contribution < 1.29 is 4.74 Å². The van der Waals surface area contributed by atoms with Crippen LogP contribution in [0, 0.1) is 6.92 Å². The van der Waals surface area contributed by atoms with Crippen LogP contribution in [-0.4, -0.2) is 36.7 Å². The molecular formula is C14H22N4O. The maximum absolute atomic E-state index is 5.81. The van der Waals surface area contributed by atoms with Crippen LogP contribution in [0.1, 0.15) is 24.2 Å². The average Bonchev–Trinajstić information content (AvgIpc) is 2.89. The number of guanidine groups is 1. The van der Waals surface area contributed by atoms with Gasteiger partial charge in [-0.25, -0.2) is 0 Å². The predicted octanol–water partition coefficient (Wildman–Crippen LogP) is 1.02. The first kappa shape index (κ1) is 13.8. The van der Waals surface area contributed by atoms with Crippen molar-refractivity contribution >= 4 is 5.96 Å². The molecule has 1 aliphatic rings. The highest BCUT2D eigenvalue weighted by atomic mass is 16.5. The molecule has 0 spiro atoms. The quantitative estimate of drug-likeness (QED) is 0.614. The van der Waals surface area contributed by atoms with Gasteiger partial charge in [0.2, 0.25) is 0 Å². The van der Waals surface area contributed by atoms with Gasteiger partial charge in [0.15, 0.2) is 5.96 Å². The summed E-state index contributed by atoms with van der Waals surface area (Å²) in [7, 11) is 0. The molecule has 5 nitrogen and oxygen atoms in total. The van der Waals surface area contributed by atoms with Crippen molar-refractivity contribution in [1.82, 2.24) is 10.3 Å². The summed E-state index contributed by atoms with van der Waals surface area (Å²) in [5.41, 5.74) is 7.92. The van der Waals surface area contributed by atoms with E-state index in [0.29, 0.717) is 12.5 Å². The Morgan fingerprint density at radius 1 is 1.58 bits per heavy atom. The lowest BCUT2D eigenvalue weighted by Crippen LogP contribution is -2.34. The molecule has 1 saturated heterocycles. The number of nitrogens with two attached hydrogens (primary N) is 1. The Kier molecular flexibility index (Phi) is 5.15. The summed E-state index contributed by atoms with van der Waals surface area (Å²) >= 11 is 0. The molecule has 1 aromatic heterocycles. The van der Waals surface area contributed by atoms with Crippen LogP contribution in [0.15, 0.2) is 23.2 Å². The topological polar surface area (TPSA) is 72.5 Å². The third kappa shape index (κ3) is 4.87. The van der Waals surface area contributed by atoms with Gasteiger partial charge in [-0.2, -0.15) is 0 Å². The standard InChI is InChI=1S/C14H22N4O/c1-11-4-2-5-12(18-11)7-8-16-14(15)17-10-13-6-3-9-19-13/h2,4-5,13H,3,6-10H2,1H3,(H3,15,16,17). The monoisotopic (exact) mass is 262 g/mol. The van der Waals surface area contributed by atoms with Gasteiger partial charge in [-0.15, -0.1) is 0 Å². The maximum Gasteiger partial charge on any atom is 0.188 e. The smallest absolute Gasteiger partial charge is 0.188 e. The lowest BCUT2D eigenvalue weighted by molar-refractivity contribution is 0.118. The molecule has 5 heteroatoms. The molecule has 1 aromatic rings. The van der Waals surface area contributed by atoms with Gasteiger partial charge in [-0.3, -0.25) is 9.98 Å². The molecule has 1 atom stereocenters. The summed E-state index contributed by atoms with van der Waals surface area (Å²) < 4.78 is 5.49. The Morgan fingerprint density at radius 2 is 2.47 bits per heavy atom. The molecular weight excluding hydrogens is 240 g/mol. The number of aromatic nitrogens is 1. The summed E-state index contributed by atoms with van der Waals surface area (Å²) in [6.45, 7) is 4.25. The predicted molar refractivity (Wildman–Crippen MR) is 76.1 cm³/mol. The van der Waals surface area contributed by atoms with Crippen LogP contribution >= 0.6 is 0 Å². The fourth-order valence-corrected chi connectivity index (χ4v) is 2.10. The number of aryl methyl sites for hydroxylation is 1. The van der Waals surface area contributed by atoms with E-state index in [-0.39, 0.29) is 6.10 Å². The first-order chi connectivity index (χ1) is 9.24. The number of nitrogens with one attached hydrogen (secondary N) is 1. The number of nitrogens with zero attached hydrogens (tertiary/aromatic N) is 2. The zero-order chi connectivity index (χ0) is 13.5. The minimum atomic E-state index is 0.249. The average molecular weight is 262 g/mol. The third-order valence-electron chi connectivity index (χ3n) is 3.12. The molecule has 2 heterocycles. The fourth-order valence-electron chi connectivity index (χ4n) is 2.10. The SMILES string of the molecule is Cc1cccc(CCNC(N)=NCC2CCCO2)n1. The van der Waals surface area contributed by atoms with E-state index in [0.717, 1.165) is 43.8 Å². The van der Waals surface area contributed by atoms with Crippen molar-refractivity contribution in [2.75, 3.05) is 19.7 Å². The Bertz CT molecular complexity index is 427. The molecule has 0 aromatic carbocycles. The molecule has 19 heavy (non-hydrogen) atoms. The second-order valence-electron chi connectivity index (χ2n) is 4.81. The largest absolute Gasteiger partial charge is 0.376 e. The highest BCUT2D eigenvalue weighted by Gasteiger charge is 2.14. The van der Waals surface area contributed by atoms with Crippen molar-refractivity contribution in [3.63, 3.8) is 0 Å². The molecule has 1 fully saturated rings. The van der Waals surface area contributed by atoms with Crippen LogP contribution in [0.2, 0.25) is 0 Å². The maximum atomic E-state index is 5.81. The fraction of sp³-hybridized carbons (Fsp3) is 0.571. The highest BCUT2D eigenvalue weighted by Crippen LogP contribution is 2.11. The van der Waals surface area contributed by atoms with Crippen LogP contribution in [0.3, 0.4) is 0 Å². The van der Waals surface area contributed by atoms with E-state index < -0.39 is 0 Å². The molecule has 0 saturated carbocycles. The van der Waals surface area contributed by atoms with Gasteiger partial charge in [-0.1, -0.05) is 6.07 Å². The van der Waals surface area contributed by atoms with Crippen LogP contribution in [-0.2, 0) is 11.2 Å². The van der Waals surface area contributed by atoms with E-state index in [2.05, 4.69) is 15.3 Å². The highest BCUT2D eigenvalue weighted by molar-refractivity contribution is 5.77. The molecule has 1 aliphatic heterocycles. The van der Waals surface area contributed by atoms with Crippen LogP contribution in [0.4, 0.5) is 0 Å². The van der Waals surface area contributed by atoms with E-state index in [1.807, 2.05) is 25.1 Å². The Labute approximate surface area is 114 Å². The van der Waals surface area contributed by atoms with Crippen molar-refractivity contribution in [3.8, 4) is 0 Å². The Morgan fingerprint density at radius 3 is 3.21 bits per heavy atom. The molecule has 2 rings (SSSR count). The Hall–Kier alpha value is -1.62. The van der Waals surface area contributed by atoms with Gasteiger partial charge < -0.3 is 15.8 Å². The number of hydrogen-bond acceptors (Lipinski definition) is 3. The minimum Gasteiger partial charge on any atom is -0.376 e.